The Kier molecular flexibility index (Phi) is 29.1. The minimum Gasteiger partial charge on any atom is -1.00 e. The first-order valence-electron chi connectivity index (χ1n) is 6.12. The number of hydrogen-bond donors (Lipinski definition) is 3. The first-order valence-corrected chi connectivity index (χ1v) is 6.12. The minimum atomic E-state index is 0. The van der Waals surface area contributed by atoms with Crippen molar-refractivity contribution in [3.8, 4) is 0 Å². The summed E-state index contributed by atoms with van der Waals surface area (Å²) in [5.74, 6) is 0.0796. The molecule has 0 saturated heterocycles. The van der Waals surface area contributed by atoms with Crippen LogP contribution in [0.1, 0.15) is 20.8 Å². The van der Waals surface area contributed by atoms with Gasteiger partial charge >= 0.3 is 16.8 Å². The van der Waals surface area contributed by atoms with Gasteiger partial charge in [0.15, 0.2) is 5.78 Å². The molecule has 0 amide bonds. The number of halogens is 1. The van der Waals surface area contributed by atoms with Crippen molar-refractivity contribution in [3.05, 3.63) is 42.5 Å². The number of ketones is 1. The van der Waals surface area contributed by atoms with Gasteiger partial charge < -0.3 is 40.7 Å². The fraction of sp³-hybridized carbons (Fsp3) is 0.429. The van der Waals surface area contributed by atoms with Gasteiger partial charge in [0.2, 0.25) is 0 Å². The molecule has 20 heavy (non-hydrogen) atoms. The van der Waals surface area contributed by atoms with Crippen LogP contribution < -0.4 is 33.8 Å². The molecule has 4 nitrogen and oxygen atoms in total. The summed E-state index contributed by atoms with van der Waals surface area (Å²) in [5.41, 5.74) is 11.5. The van der Waals surface area contributed by atoms with Crippen molar-refractivity contribution in [3.63, 3.8) is 0 Å². The summed E-state index contributed by atoms with van der Waals surface area (Å²) in [6.45, 7) is 11.0. The van der Waals surface area contributed by atoms with E-state index in [2.05, 4.69) is 12.2 Å². The van der Waals surface area contributed by atoms with Crippen LogP contribution in [0.15, 0.2) is 35.6 Å². The molecule has 1 radical (unpaired) electrons. The quantitative estimate of drug-likeness (QED) is 0.396. The topological polar surface area (TPSA) is 81.1 Å². The van der Waals surface area contributed by atoms with Crippen molar-refractivity contribution in [2.45, 2.75) is 20.8 Å². The third-order valence-electron chi connectivity index (χ3n) is 1.90. The van der Waals surface area contributed by atoms with Gasteiger partial charge in [0.25, 0.3) is 0 Å². The van der Waals surface area contributed by atoms with Gasteiger partial charge in [0, 0.05) is 30.9 Å². The largest absolute Gasteiger partial charge is 2.00 e. The zero-order valence-corrected chi connectivity index (χ0v) is 15.0. The fourth-order valence-electron chi connectivity index (χ4n) is 1.14. The van der Waals surface area contributed by atoms with E-state index in [4.69, 9.17) is 11.5 Å². The standard InChI is InChI=1S/C10H13NO.C2H8N2.C2H5.BrH.Co/c1-3-11-8(2)9-6-4-5-7-10(9)12;3-1-2-4;1-2;;/h4-7,11H,3H2,1-2H3;1-4H2;1H2,2H3;1H;/q;;-1;;+2/p-1/b9-8-;;;;. The molecule has 0 heterocycles. The average molecular weight is 391 g/mol. The van der Waals surface area contributed by atoms with Crippen LogP contribution in [0.5, 0.6) is 0 Å². The first-order chi connectivity index (χ1) is 8.67. The minimum absolute atomic E-state index is 0. The molecule has 0 aromatic carbocycles. The predicted octanol–water partition coefficient (Wildman–Crippen LogP) is -1.69. The monoisotopic (exact) mass is 390 g/mol. The van der Waals surface area contributed by atoms with Crippen LogP contribution in [0.3, 0.4) is 0 Å². The molecule has 1 rings (SSSR count). The molecule has 0 atom stereocenters. The summed E-state index contributed by atoms with van der Waals surface area (Å²) in [7, 11) is 0. The number of carbonyl (C=O) groups is 1. The summed E-state index contributed by atoms with van der Waals surface area (Å²) in [5, 5.41) is 3.12. The van der Waals surface area contributed by atoms with Gasteiger partial charge in [-0.25, -0.2) is 0 Å². The molecule has 0 aromatic rings. The first kappa shape index (κ1) is 27.9. The van der Waals surface area contributed by atoms with E-state index < -0.39 is 0 Å². The molecule has 0 saturated carbocycles. The van der Waals surface area contributed by atoms with Gasteiger partial charge in [0.1, 0.15) is 0 Å². The zero-order valence-electron chi connectivity index (χ0n) is 12.4. The van der Waals surface area contributed by atoms with Crippen LogP contribution in [-0.2, 0) is 21.6 Å². The van der Waals surface area contributed by atoms with Crippen molar-refractivity contribution in [2.75, 3.05) is 19.6 Å². The van der Waals surface area contributed by atoms with E-state index in [9.17, 15) is 4.79 Å². The van der Waals surface area contributed by atoms with Gasteiger partial charge in [0.05, 0.1) is 0 Å². The fourth-order valence-corrected chi connectivity index (χ4v) is 1.14. The maximum Gasteiger partial charge on any atom is 2.00 e. The zero-order chi connectivity index (χ0) is 14.4. The number of hydrogen-bond acceptors (Lipinski definition) is 4. The van der Waals surface area contributed by atoms with Crippen LogP contribution >= 0.6 is 0 Å². The van der Waals surface area contributed by atoms with Crippen molar-refractivity contribution < 1.29 is 38.6 Å². The van der Waals surface area contributed by atoms with Crippen LogP contribution in [0.4, 0.5) is 0 Å². The second-order valence-electron chi connectivity index (χ2n) is 3.23. The second kappa shape index (κ2) is 20.9. The summed E-state index contributed by atoms with van der Waals surface area (Å²) < 4.78 is 0. The van der Waals surface area contributed by atoms with Crippen molar-refractivity contribution in [2.24, 2.45) is 11.5 Å². The van der Waals surface area contributed by atoms with E-state index in [1.54, 1.807) is 19.1 Å². The molecule has 0 spiro atoms. The van der Waals surface area contributed by atoms with E-state index in [0.29, 0.717) is 13.1 Å². The van der Waals surface area contributed by atoms with E-state index >= 15 is 0 Å². The Morgan fingerprint density at radius 3 is 2.00 bits per heavy atom. The van der Waals surface area contributed by atoms with Crippen LogP contribution in [0, 0.1) is 6.92 Å². The summed E-state index contributed by atoms with van der Waals surface area (Å²) >= 11 is 0. The molecule has 0 unspecified atom stereocenters. The number of nitrogens with two attached hydrogens (primary N) is 2. The van der Waals surface area contributed by atoms with Gasteiger partial charge in [-0.2, -0.15) is 6.92 Å². The van der Waals surface area contributed by atoms with Crippen molar-refractivity contribution in [1.29, 1.82) is 0 Å². The number of rotatable bonds is 3. The predicted molar refractivity (Wildman–Crippen MR) is 78.8 cm³/mol. The Hall–Kier alpha value is -0.404. The molecule has 5 N–H and O–H groups in total. The SMILES string of the molecule is CCN/C(C)=C1/C=CC=CC1=O.NCCN.[Br-].[CH2-]C.[Co+2]. The van der Waals surface area contributed by atoms with E-state index in [-0.39, 0.29) is 39.5 Å². The smallest absolute Gasteiger partial charge is 1.00 e. The normalized spacial score (nSPS) is 13.6. The van der Waals surface area contributed by atoms with Gasteiger partial charge in [-0.05, 0) is 26.0 Å². The Morgan fingerprint density at radius 2 is 1.65 bits per heavy atom. The summed E-state index contributed by atoms with van der Waals surface area (Å²) in [4.78, 5) is 11.3. The third-order valence-corrected chi connectivity index (χ3v) is 1.90. The molecule has 1 aliphatic rings. The average Bonchev–Trinajstić information content (AvgIpc) is 2.42. The van der Waals surface area contributed by atoms with E-state index in [1.165, 1.54) is 0 Å². The van der Waals surface area contributed by atoms with Crippen molar-refractivity contribution in [1.82, 2.24) is 5.32 Å². The molecular weight excluding hydrogens is 365 g/mol. The van der Waals surface area contributed by atoms with Crippen LogP contribution in [0.2, 0.25) is 0 Å². The molecule has 0 aromatic heterocycles. The third kappa shape index (κ3) is 14.0. The molecular formula is C14H26BrCoN3O. The number of allylic oxidation sites excluding steroid dienone is 6. The van der Waals surface area contributed by atoms with E-state index in [1.807, 2.05) is 26.0 Å². The summed E-state index contributed by atoms with van der Waals surface area (Å²) in [6, 6.07) is 0. The molecule has 0 aliphatic heterocycles. The second-order valence-corrected chi connectivity index (χ2v) is 3.23. The maximum atomic E-state index is 11.3. The number of carbonyl (C=O) groups excluding carboxylic acids is 1. The molecule has 119 valence electrons. The summed E-state index contributed by atoms with van der Waals surface area (Å²) in [6.07, 6.45) is 7.04. The van der Waals surface area contributed by atoms with Gasteiger partial charge in [-0.1, -0.05) is 12.2 Å². The van der Waals surface area contributed by atoms with E-state index in [0.717, 1.165) is 17.8 Å². The van der Waals surface area contributed by atoms with Crippen molar-refractivity contribution >= 4 is 5.78 Å². The van der Waals surface area contributed by atoms with Gasteiger partial charge in [-0.3, -0.25) is 4.79 Å². The molecule has 1 aliphatic carbocycles. The van der Waals surface area contributed by atoms with Crippen LogP contribution in [0.25, 0.3) is 0 Å². The molecule has 0 fully saturated rings. The van der Waals surface area contributed by atoms with Crippen LogP contribution in [-0.4, -0.2) is 25.4 Å². The Morgan fingerprint density at radius 1 is 1.20 bits per heavy atom. The Labute approximate surface area is 144 Å². The maximum absolute atomic E-state index is 11.3. The van der Waals surface area contributed by atoms with Gasteiger partial charge in [-0.15, -0.1) is 0 Å². The number of nitrogens with one attached hydrogen (secondary N) is 1. The molecule has 0 bridgehead atoms. The Balaban J connectivity index is -0.000000139. The molecule has 6 heteroatoms. The Bertz CT molecular complexity index is 314.